The lowest BCUT2D eigenvalue weighted by Crippen LogP contribution is -2.07. The summed E-state index contributed by atoms with van der Waals surface area (Å²) in [6.45, 7) is 4.29. The molecule has 1 aliphatic rings. The van der Waals surface area contributed by atoms with E-state index in [0.29, 0.717) is 0 Å². The van der Waals surface area contributed by atoms with Gasteiger partial charge in [-0.15, -0.1) is 0 Å². The summed E-state index contributed by atoms with van der Waals surface area (Å²) in [6, 6.07) is 0. The Morgan fingerprint density at radius 3 is 2.64 bits per heavy atom. The lowest BCUT2D eigenvalue weighted by atomic mass is 9.97. The summed E-state index contributed by atoms with van der Waals surface area (Å²) in [6.07, 6.45) is 8.17. The summed E-state index contributed by atoms with van der Waals surface area (Å²) < 4.78 is 5.24. The number of rotatable bonds is 6. The molecule has 0 amide bonds. The van der Waals surface area contributed by atoms with Crippen LogP contribution in [0.1, 0.15) is 58.8 Å². The number of esters is 1. The molecule has 1 fully saturated rings. The highest BCUT2D eigenvalue weighted by Gasteiger charge is 2.32. The molecule has 1 rings (SSSR count). The summed E-state index contributed by atoms with van der Waals surface area (Å²) in [7, 11) is 0. The fraction of sp³-hybridized carbons (Fsp3) is 0.917. The van der Waals surface area contributed by atoms with E-state index >= 15 is 0 Å². The maximum absolute atomic E-state index is 11.4. The summed E-state index contributed by atoms with van der Waals surface area (Å²) in [5.41, 5.74) is 0. The van der Waals surface area contributed by atoms with E-state index in [2.05, 4.69) is 13.8 Å². The van der Waals surface area contributed by atoms with Crippen LogP contribution >= 0.6 is 0 Å². The molecule has 2 heteroatoms. The van der Waals surface area contributed by atoms with Gasteiger partial charge >= 0.3 is 5.97 Å². The summed E-state index contributed by atoms with van der Waals surface area (Å²) >= 11 is 0. The average molecular weight is 198 g/mol. The molecule has 14 heavy (non-hydrogen) atoms. The van der Waals surface area contributed by atoms with Crippen molar-refractivity contribution in [3.8, 4) is 0 Å². The van der Waals surface area contributed by atoms with Gasteiger partial charge in [0.25, 0.3) is 0 Å². The Morgan fingerprint density at radius 2 is 2.07 bits per heavy atom. The summed E-state index contributed by atoms with van der Waals surface area (Å²) in [5.74, 6) is 0.255. The molecule has 0 aromatic heterocycles. The lowest BCUT2D eigenvalue weighted by Gasteiger charge is -2.04. The summed E-state index contributed by atoms with van der Waals surface area (Å²) in [5, 5.41) is 0. The van der Waals surface area contributed by atoms with Crippen molar-refractivity contribution in [3.63, 3.8) is 0 Å². The van der Waals surface area contributed by atoms with Gasteiger partial charge in [-0.05, 0) is 19.3 Å². The zero-order valence-electron chi connectivity index (χ0n) is 9.42. The molecule has 0 bridgehead atoms. The van der Waals surface area contributed by atoms with Gasteiger partial charge in [-0.1, -0.05) is 39.5 Å². The minimum atomic E-state index is 0.0494. The third-order valence-electron chi connectivity index (χ3n) is 3.03. The highest BCUT2D eigenvalue weighted by atomic mass is 16.5. The predicted octanol–water partition coefficient (Wildman–Crippen LogP) is 3.30. The van der Waals surface area contributed by atoms with E-state index in [-0.39, 0.29) is 18.0 Å². The maximum Gasteiger partial charge on any atom is 0.309 e. The fourth-order valence-corrected chi connectivity index (χ4v) is 2.03. The normalized spacial score (nSPS) is 26.6. The van der Waals surface area contributed by atoms with Crippen LogP contribution < -0.4 is 0 Å². The van der Waals surface area contributed by atoms with E-state index in [9.17, 15) is 4.79 Å². The van der Waals surface area contributed by atoms with Gasteiger partial charge in [-0.25, -0.2) is 0 Å². The van der Waals surface area contributed by atoms with Crippen molar-refractivity contribution in [2.45, 2.75) is 64.9 Å². The standard InChI is InChI=1S/C12H22O2/c1-3-5-6-7-8-10-9-11(4-2)14-12(10)13/h10-11H,3-9H2,1-2H3. The Morgan fingerprint density at radius 1 is 1.29 bits per heavy atom. The lowest BCUT2D eigenvalue weighted by molar-refractivity contribution is -0.144. The van der Waals surface area contributed by atoms with E-state index < -0.39 is 0 Å². The van der Waals surface area contributed by atoms with Crippen LogP contribution in [-0.4, -0.2) is 12.1 Å². The number of hydrogen-bond acceptors (Lipinski definition) is 2. The van der Waals surface area contributed by atoms with E-state index in [0.717, 1.165) is 19.3 Å². The minimum absolute atomic E-state index is 0.0494. The van der Waals surface area contributed by atoms with Crippen LogP contribution in [0.5, 0.6) is 0 Å². The van der Waals surface area contributed by atoms with Crippen molar-refractivity contribution in [1.82, 2.24) is 0 Å². The second kappa shape index (κ2) is 6.05. The molecule has 0 saturated carbocycles. The molecule has 2 unspecified atom stereocenters. The predicted molar refractivity (Wildman–Crippen MR) is 57.0 cm³/mol. The van der Waals surface area contributed by atoms with Crippen LogP contribution in [0.25, 0.3) is 0 Å². The van der Waals surface area contributed by atoms with E-state index in [1.807, 2.05) is 0 Å². The van der Waals surface area contributed by atoms with E-state index in [1.165, 1.54) is 25.7 Å². The molecule has 0 aromatic rings. The number of cyclic esters (lactones) is 1. The van der Waals surface area contributed by atoms with Crippen molar-refractivity contribution in [3.05, 3.63) is 0 Å². The van der Waals surface area contributed by atoms with Crippen LogP contribution in [0.15, 0.2) is 0 Å². The SMILES string of the molecule is CCCCCCC1CC(CC)OC1=O. The van der Waals surface area contributed by atoms with Gasteiger partial charge in [-0.3, -0.25) is 4.79 Å². The Bertz CT molecular complexity index is 177. The van der Waals surface area contributed by atoms with Crippen LogP contribution in [0.4, 0.5) is 0 Å². The number of carbonyl (C=O) groups excluding carboxylic acids is 1. The Kier molecular flexibility index (Phi) is 4.99. The van der Waals surface area contributed by atoms with Gasteiger partial charge in [0.05, 0.1) is 5.92 Å². The fourth-order valence-electron chi connectivity index (χ4n) is 2.03. The van der Waals surface area contributed by atoms with Crippen molar-refractivity contribution in [1.29, 1.82) is 0 Å². The Hall–Kier alpha value is -0.530. The molecular formula is C12H22O2. The molecule has 0 spiro atoms. The first-order valence-electron chi connectivity index (χ1n) is 5.98. The van der Waals surface area contributed by atoms with Crippen LogP contribution in [-0.2, 0) is 9.53 Å². The number of carbonyl (C=O) groups is 1. The van der Waals surface area contributed by atoms with E-state index in [4.69, 9.17) is 4.74 Å². The number of hydrogen-bond donors (Lipinski definition) is 0. The Balaban J connectivity index is 2.15. The van der Waals surface area contributed by atoms with Gasteiger partial charge in [0.2, 0.25) is 0 Å². The van der Waals surface area contributed by atoms with E-state index in [1.54, 1.807) is 0 Å². The third kappa shape index (κ3) is 3.32. The molecule has 2 atom stereocenters. The molecule has 2 nitrogen and oxygen atoms in total. The summed E-state index contributed by atoms with van der Waals surface area (Å²) in [4.78, 5) is 11.4. The second-order valence-corrected chi connectivity index (χ2v) is 4.25. The number of unbranched alkanes of at least 4 members (excludes halogenated alkanes) is 3. The van der Waals surface area contributed by atoms with Crippen molar-refractivity contribution >= 4 is 5.97 Å². The zero-order valence-corrected chi connectivity index (χ0v) is 9.42. The quantitative estimate of drug-likeness (QED) is 0.483. The Labute approximate surface area is 87.0 Å². The highest BCUT2D eigenvalue weighted by molar-refractivity contribution is 5.74. The van der Waals surface area contributed by atoms with Gasteiger partial charge < -0.3 is 4.74 Å². The molecular weight excluding hydrogens is 176 g/mol. The molecule has 0 aliphatic carbocycles. The molecule has 82 valence electrons. The van der Waals surface area contributed by atoms with Gasteiger partial charge in [-0.2, -0.15) is 0 Å². The van der Waals surface area contributed by atoms with Crippen LogP contribution in [0.2, 0.25) is 0 Å². The molecule has 1 heterocycles. The first-order valence-corrected chi connectivity index (χ1v) is 5.98. The molecule has 0 radical (unpaired) electrons. The molecule has 0 aromatic carbocycles. The van der Waals surface area contributed by atoms with Gasteiger partial charge in [0.15, 0.2) is 0 Å². The van der Waals surface area contributed by atoms with Gasteiger partial charge in [0, 0.05) is 0 Å². The second-order valence-electron chi connectivity index (χ2n) is 4.25. The van der Waals surface area contributed by atoms with Gasteiger partial charge in [0.1, 0.15) is 6.10 Å². The van der Waals surface area contributed by atoms with Crippen LogP contribution in [0.3, 0.4) is 0 Å². The molecule has 1 aliphatic heterocycles. The highest BCUT2D eigenvalue weighted by Crippen LogP contribution is 2.27. The van der Waals surface area contributed by atoms with Crippen molar-refractivity contribution < 1.29 is 9.53 Å². The molecule has 1 saturated heterocycles. The average Bonchev–Trinajstić information content (AvgIpc) is 2.54. The monoisotopic (exact) mass is 198 g/mol. The first-order chi connectivity index (χ1) is 6.77. The maximum atomic E-state index is 11.4. The third-order valence-corrected chi connectivity index (χ3v) is 3.03. The molecule has 0 N–H and O–H groups in total. The first kappa shape index (κ1) is 11.5. The minimum Gasteiger partial charge on any atom is -0.462 e. The van der Waals surface area contributed by atoms with Crippen molar-refractivity contribution in [2.24, 2.45) is 5.92 Å². The zero-order chi connectivity index (χ0) is 10.4. The van der Waals surface area contributed by atoms with Crippen molar-refractivity contribution in [2.75, 3.05) is 0 Å². The topological polar surface area (TPSA) is 26.3 Å². The number of ether oxygens (including phenoxy) is 1. The van der Waals surface area contributed by atoms with Crippen LogP contribution in [0, 0.1) is 5.92 Å². The largest absolute Gasteiger partial charge is 0.462 e. The smallest absolute Gasteiger partial charge is 0.309 e.